The summed E-state index contributed by atoms with van der Waals surface area (Å²) in [6, 6.07) is 9.64. The normalized spacial score (nSPS) is 17.3. The minimum atomic E-state index is 0.454. The van der Waals surface area contributed by atoms with Crippen LogP contribution >= 0.6 is 0 Å². The molecule has 1 aromatic carbocycles. The van der Waals surface area contributed by atoms with Crippen molar-refractivity contribution in [2.75, 3.05) is 19.8 Å². The maximum atomic E-state index is 5.46. The Morgan fingerprint density at radius 3 is 2.32 bits per heavy atom. The first-order chi connectivity index (χ1) is 12.1. The summed E-state index contributed by atoms with van der Waals surface area (Å²) < 4.78 is 5.46. The highest BCUT2D eigenvalue weighted by Gasteiger charge is 2.20. The Bertz CT molecular complexity index is 473. The van der Waals surface area contributed by atoms with Crippen molar-refractivity contribution in [2.45, 2.75) is 72.3 Å². The molecule has 25 heavy (non-hydrogen) atoms. The lowest BCUT2D eigenvalue weighted by Crippen LogP contribution is -2.37. The van der Waals surface area contributed by atoms with E-state index in [1.807, 2.05) is 13.8 Å². The van der Waals surface area contributed by atoms with E-state index in [2.05, 4.69) is 56.9 Å². The van der Waals surface area contributed by atoms with Gasteiger partial charge in [-0.3, -0.25) is 0 Å². The van der Waals surface area contributed by atoms with Crippen LogP contribution in [-0.2, 0) is 11.2 Å². The Balaban J connectivity index is 0.00000151. The zero-order valence-electron chi connectivity index (χ0n) is 17.1. The zero-order valence-corrected chi connectivity index (χ0v) is 17.1. The molecule has 1 aromatic rings. The minimum absolute atomic E-state index is 0.454. The second kappa shape index (κ2) is 12.3. The van der Waals surface area contributed by atoms with Gasteiger partial charge in [0.25, 0.3) is 0 Å². The Morgan fingerprint density at radius 1 is 1.20 bits per heavy atom. The maximum Gasteiger partial charge on any atom is 0.0469 e. The Kier molecular flexibility index (Phi) is 10.8. The van der Waals surface area contributed by atoms with Gasteiger partial charge in [0.15, 0.2) is 0 Å². The van der Waals surface area contributed by atoms with Crippen molar-refractivity contribution in [3.63, 3.8) is 0 Å². The van der Waals surface area contributed by atoms with Crippen molar-refractivity contribution < 1.29 is 4.74 Å². The summed E-state index contributed by atoms with van der Waals surface area (Å²) in [5.41, 5.74) is 4.06. The molecule has 1 aliphatic rings. The van der Waals surface area contributed by atoms with E-state index in [-0.39, 0.29) is 0 Å². The van der Waals surface area contributed by atoms with Crippen molar-refractivity contribution in [2.24, 2.45) is 5.92 Å². The lowest BCUT2D eigenvalue weighted by molar-refractivity contribution is 0.0559. The molecule has 0 amide bonds. The number of allylic oxidation sites excluding steroid dienone is 1. The van der Waals surface area contributed by atoms with Crippen molar-refractivity contribution >= 4 is 0 Å². The zero-order chi connectivity index (χ0) is 18.7. The molecule has 0 aromatic heterocycles. The molecule has 0 bridgehead atoms. The van der Waals surface area contributed by atoms with Crippen molar-refractivity contribution in [3.05, 3.63) is 47.5 Å². The fraction of sp³-hybridized carbons (Fsp3) is 0.652. The minimum Gasteiger partial charge on any atom is -0.381 e. The Hall–Kier alpha value is -1.12. The van der Waals surface area contributed by atoms with Gasteiger partial charge in [-0.25, -0.2) is 0 Å². The van der Waals surface area contributed by atoms with E-state index in [1.165, 1.54) is 29.5 Å². The van der Waals surface area contributed by atoms with E-state index < -0.39 is 0 Å². The van der Waals surface area contributed by atoms with Crippen LogP contribution in [-0.4, -0.2) is 25.8 Å². The number of aryl methyl sites for hydroxylation is 1. The van der Waals surface area contributed by atoms with Crippen LogP contribution in [0.15, 0.2) is 36.4 Å². The predicted octanol–water partition coefficient (Wildman–Crippen LogP) is 5.73. The monoisotopic (exact) mass is 345 g/mol. The van der Waals surface area contributed by atoms with Gasteiger partial charge in [-0.2, -0.15) is 0 Å². The van der Waals surface area contributed by atoms with Crippen LogP contribution in [0.3, 0.4) is 0 Å². The number of hydrogen-bond acceptors (Lipinski definition) is 2. The van der Waals surface area contributed by atoms with E-state index in [0.717, 1.165) is 38.5 Å². The first-order valence-corrected chi connectivity index (χ1v) is 10.2. The highest BCUT2D eigenvalue weighted by atomic mass is 16.5. The van der Waals surface area contributed by atoms with Gasteiger partial charge in [0, 0.05) is 25.2 Å². The summed E-state index contributed by atoms with van der Waals surface area (Å²) in [7, 11) is 0. The van der Waals surface area contributed by atoms with E-state index >= 15 is 0 Å². The third-order valence-corrected chi connectivity index (χ3v) is 5.26. The van der Waals surface area contributed by atoms with Crippen molar-refractivity contribution in [1.29, 1.82) is 0 Å². The standard InChI is InChI=1S/C21H33NO.C2H6/c1-5-18-6-8-20(9-7-18)21(16(2)3)10-13-22-17(4)19-11-14-23-15-12-19;1-2/h6-9,17,19,21-22H,2,5,10-15H2,1,3-4H3;1-2H3. The summed E-state index contributed by atoms with van der Waals surface area (Å²) in [4.78, 5) is 0. The van der Waals surface area contributed by atoms with Crippen molar-refractivity contribution in [3.8, 4) is 0 Å². The molecule has 0 spiro atoms. The Labute approximate surface area is 156 Å². The van der Waals surface area contributed by atoms with Gasteiger partial charge in [0.2, 0.25) is 0 Å². The smallest absolute Gasteiger partial charge is 0.0469 e. The van der Waals surface area contributed by atoms with Gasteiger partial charge in [-0.05, 0) is 63.1 Å². The maximum absolute atomic E-state index is 5.46. The number of nitrogens with one attached hydrogen (secondary N) is 1. The Morgan fingerprint density at radius 2 is 1.80 bits per heavy atom. The summed E-state index contributed by atoms with van der Waals surface area (Å²) in [6.45, 7) is 17.8. The van der Waals surface area contributed by atoms with Crippen molar-refractivity contribution in [1.82, 2.24) is 5.32 Å². The topological polar surface area (TPSA) is 21.3 Å². The molecule has 1 saturated heterocycles. The lowest BCUT2D eigenvalue weighted by Gasteiger charge is -2.29. The third kappa shape index (κ3) is 7.33. The average Bonchev–Trinajstić information content (AvgIpc) is 2.67. The molecule has 1 heterocycles. The number of benzene rings is 1. The molecular weight excluding hydrogens is 306 g/mol. The fourth-order valence-corrected chi connectivity index (χ4v) is 3.52. The molecule has 2 atom stereocenters. The molecule has 142 valence electrons. The van der Waals surface area contributed by atoms with Gasteiger partial charge in [0.05, 0.1) is 0 Å². The molecule has 2 unspecified atom stereocenters. The average molecular weight is 346 g/mol. The highest BCUT2D eigenvalue weighted by Crippen LogP contribution is 2.27. The first kappa shape index (κ1) is 21.9. The second-order valence-electron chi connectivity index (χ2n) is 6.98. The van der Waals surface area contributed by atoms with Gasteiger partial charge in [0.1, 0.15) is 0 Å². The van der Waals surface area contributed by atoms with Gasteiger partial charge < -0.3 is 10.1 Å². The fourth-order valence-electron chi connectivity index (χ4n) is 3.52. The second-order valence-corrected chi connectivity index (χ2v) is 6.98. The molecule has 0 saturated carbocycles. The van der Waals surface area contributed by atoms with E-state index in [1.54, 1.807) is 0 Å². The van der Waals surface area contributed by atoms with Crippen LogP contribution in [0.5, 0.6) is 0 Å². The summed E-state index contributed by atoms with van der Waals surface area (Å²) >= 11 is 0. The van der Waals surface area contributed by atoms with Crippen LogP contribution in [0, 0.1) is 5.92 Å². The lowest BCUT2D eigenvalue weighted by atomic mass is 9.88. The molecular formula is C23H39NO. The van der Waals surface area contributed by atoms with Gasteiger partial charge >= 0.3 is 0 Å². The first-order valence-electron chi connectivity index (χ1n) is 10.2. The molecule has 1 N–H and O–H groups in total. The van der Waals surface area contributed by atoms with Crippen LogP contribution in [0.4, 0.5) is 0 Å². The molecule has 2 rings (SSSR count). The summed E-state index contributed by atoms with van der Waals surface area (Å²) in [6.07, 6.45) is 4.60. The van der Waals surface area contributed by atoms with Crippen LogP contribution in [0.1, 0.15) is 70.9 Å². The summed E-state index contributed by atoms with van der Waals surface area (Å²) in [5.74, 6) is 1.21. The molecule has 1 fully saturated rings. The van der Waals surface area contributed by atoms with Crippen LogP contribution in [0.2, 0.25) is 0 Å². The van der Waals surface area contributed by atoms with E-state index in [4.69, 9.17) is 4.74 Å². The summed E-state index contributed by atoms with van der Waals surface area (Å²) in [5, 5.41) is 3.73. The number of ether oxygens (including phenoxy) is 1. The van der Waals surface area contributed by atoms with Crippen LogP contribution in [0.25, 0.3) is 0 Å². The van der Waals surface area contributed by atoms with Gasteiger partial charge in [-0.15, -0.1) is 0 Å². The quantitative estimate of drug-likeness (QED) is 0.608. The number of rotatable bonds is 8. The van der Waals surface area contributed by atoms with Crippen LogP contribution < -0.4 is 5.32 Å². The van der Waals surface area contributed by atoms with Gasteiger partial charge in [-0.1, -0.05) is 57.2 Å². The largest absolute Gasteiger partial charge is 0.381 e. The SMILES string of the molecule is C=C(C)C(CCNC(C)C1CCOCC1)c1ccc(CC)cc1.CC. The highest BCUT2D eigenvalue weighted by molar-refractivity contribution is 5.30. The van der Waals surface area contributed by atoms with E-state index in [0.29, 0.717) is 12.0 Å². The molecule has 2 heteroatoms. The molecule has 0 radical (unpaired) electrons. The third-order valence-electron chi connectivity index (χ3n) is 5.26. The molecule has 0 aliphatic carbocycles. The van der Waals surface area contributed by atoms with E-state index in [9.17, 15) is 0 Å². The number of hydrogen-bond donors (Lipinski definition) is 1. The predicted molar refractivity (Wildman–Crippen MR) is 110 cm³/mol. The molecule has 1 aliphatic heterocycles. The molecule has 2 nitrogen and oxygen atoms in total.